The number of hydrogen-bond donors (Lipinski definition) is 2. The fraction of sp³-hybridized carbons (Fsp3) is 0.0714. The van der Waals surface area contributed by atoms with Crippen LogP contribution in [0.4, 0.5) is 11.4 Å². The van der Waals surface area contributed by atoms with Gasteiger partial charge >= 0.3 is 0 Å². The van der Waals surface area contributed by atoms with E-state index >= 15 is 0 Å². The minimum atomic E-state index is 0.367. The molecule has 0 heterocycles. The highest BCUT2D eigenvalue weighted by Crippen LogP contribution is 2.28. The van der Waals surface area contributed by atoms with Gasteiger partial charge in [-0.2, -0.15) is 0 Å². The summed E-state index contributed by atoms with van der Waals surface area (Å²) in [5, 5.41) is 3.95. The van der Waals surface area contributed by atoms with Crippen molar-refractivity contribution in [1.29, 1.82) is 0 Å². The number of anilines is 2. The molecule has 0 amide bonds. The number of hydrogen-bond acceptors (Lipinski definition) is 2. The summed E-state index contributed by atoms with van der Waals surface area (Å²) in [6.07, 6.45) is 0. The predicted octanol–water partition coefficient (Wildman–Crippen LogP) is 4.79. The van der Waals surface area contributed by atoms with Crippen LogP contribution in [-0.4, -0.2) is 4.99 Å². The SMILES string of the molecule is Cc1ccc(Nc2ccc(C(N)=S)c(Br)c2)c(Cl)c1. The summed E-state index contributed by atoms with van der Waals surface area (Å²) in [7, 11) is 0. The maximum atomic E-state index is 6.19. The van der Waals surface area contributed by atoms with Crippen LogP contribution in [-0.2, 0) is 0 Å². The summed E-state index contributed by atoms with van der Waals surface area (Å²) in [5.74, 6) is 0. The van der Waals surface area contributed by atoms with Crippen LogP contribution >= 0.6 is 39.7 Å². The Morgan fingerprint density at radius 3 is 2.58 bits per heavy atom. The first-order valence-corrected chi connectivity index (χ1v) is 7.18. The fourth-order valence-electron chi connectivity index (χ4n) is 1.67. The summed E-state index contributed by atoms with van der Waals surface area (Å²) in [6, 6.07) is 11.6. The molecule has 0 spiro atoms. The Morgan fingerprint density at radius 1 is 1.26 bits per heavy atom. The van der Waals surface area contributed by atoms with Gasteiger partial charge in [-0.05, 0) is 58.7 Å². The summed E-state index contributed by atoms with van der Waals surface area (Å²) in [4.78, 5) is 0.367. The van der Waals surface area contributed by atoms with E-state index in [1.807, 2.05) is 43.3 Å². The summed E-state index contributed by atoms with van der Waals surface area (Å²) in [6.45, 7) is 2.00. The number of nitrogens with two attached hydrogens (primary N) is 1. The smallest absolute Gasteiger partial charge is 0.105 e. The normalized spacial score (nSPS) is 10.3. The second-order valence-electron chi connectivity index (χ2n) is 4.17. The van der Waals surface area contributed by atoms with Crippen molar-refractivity contribution in [2.45, 2.75) is 6.92 Å². The van der Waals surface area contributed by atoms with E-state index < -0.39 is 0 Å². The lowest BCUT2D eigenvalue weighted by molar-refractivity contribution is 1.45. The van der Waals surface area contributed by atoms with E-state index in [1.54, 1.807) is 0 Å². The second-order valence-corrected chi connectivity index (χ2v) is 5.87. The Kier molecular flexibility index (Phi) is 4.45. The van der Waals surface area contributed by atoms with E-state index in [0.717, 1.165) is 27.0 Å². The Balaban J connectivity index is 2.29. The molecule has 2 aromatic rings. The zero-order valence-electron chi connectivity index (χ0n) is 10.2. The van der Waals surface area contributed by atoms with E-state index in [1.165, 1.54) is 0 Å². The number of thiocarbonyl (C=S) groups is 1. The standard InChI is InChI=1S/C14H12BrClN2S/c1-8-2-5-13(12(16)6-8)18-9-3-4-10(14(17)19)11(15)7-9/h2-7,18H,1H3,(H2,17,19). The molecule has 3 N–H and O–H groups in total. The molecule has 0 aliphatic carbocycles. The molecule has 2 nitrogen and oxygen atoms in total. The van der Waals surface area contributed by atoms with Gasteiger partial charge in [0.1, 0.15) is 4.99 Å². The Bertz CT molecular complexity index is 643. The lowest BCUT2D eigenvalue weighted by Crippen LogP contribution is -2.10. The number of nitrogens with one attached hydrogen (secondary N) is 1. The lowest BCUT2D eigenvalue weighted by Gasteiger charge is -2.11. The first-order valence-electron chi connectivity index (χ1n) is 5.60. The van der Waals surface area contributed by atoms with Gasteiger partial charge in [0.2, 0.25) is 0 Å². The molecular formula is C14H12BrClN2S. The minimum Gasteiger partial charge on any atom is -0.389 e. The predicted molar refractivity (Wildman–Crippen MR) is 89.5 cm³/mol. The van der Waals surface area contributed by atoms with Gasteiger partial charge in [0.15, 0.2) is 0 Å². The first kappa shape index (κ1) is 14.3. The quantitative estimate of drug-likeness (QED) is 0.778. The molecule has 0 fully saturated rings. The highest BCUT2D eigenvalue weighted by Gasteiger charge is 2.05. The molecule has 0 aliphatic rings. The maximum absolute atomic E-state index is 6.19. The van der Waals surface area contributed by atoms with Gasteiger partial charge in [0.05, 0.1) is 10.7 Å². The van der Waals surface area contributed by atoms with Gasteiger partial charge in [-0.15, -0.1) is 0 Å². The van der Waals surface area contributed by atoms with Crippen LogP contribution in [0.3, 0.4) is 0 Å². The largest absolute Gasteiger partial charge is 0.389 e. The molecule has 0 bridgehead atoms. The highest BCUT2D eigenvalue weighted by molar-refractivity contribution is 9.10. The first-order chi connectivity index (χ1) is 8.97. The maximum Gasteiger partial charge on any atom is 0.105 e. The molecule has 0 aromatic heterocycles. The number of rotatable bonds is 3. The minimum absolute atomic E-state index is 0.367. The zero-order valence-corrected chi connectivity index (χ0v) is 13.4. The van der Waals surface area contributed by atoms with E-state index in [-0.39, 0.29) is 0 Å². The van der Waals surface area contributed by atoms with Gasteiger partial charge in [-0.1, -0.05) is 29.9 Å². The number of benzene rings is 2. The summed E-state index contributed by atoms with van der Waals surface area (Å²) in [5.41, 5.74) is 9.34. The topological polar surface area (TPSA) is 38.0 Å². The van der Waals surface area contributed by atoms with E-state index in [2.05, 4.69) is 21.2 Å². The van der Waals surface area contributed by atoms with Crippen molar-refractivity contribution in [1.82, 2.24) is 0 Å². The molecule has 0 saturated carbocycles. The van der Waals surface area contributed by atoms with Gasteiger partial charge in [-0.25, -0.2) is 0 Å². The van der Waals surface area contributed by atoms with Crippen LogP contribution in [0.2, 0.25) is 5.02 Å². The van der Waals surface area contributed by atoms with Crippen molar-refractivity contribution in [3.05, 3.63) is 57.0 Å². The Morgan fingerprint density at radius 2 is 2.00 bits per heavy atom. The van der Waals surface area contributed by atoms with Crippen molar-refractivity contribution >= 4 is 56.1 Å². The van der Waals surface area contributed by atoms with Crippen LogP contribution in [0, 0.1) is 6.92 Å². The molecule has 2 rings (SSSR count). The average Bonchev–Trinajstić information content (AvgIpc) is 2.32. The number of aryl methyl sites for hydroxylation is 1. The number of halogens is 2. The average molecular weight is 356 g/mol. The van der Waals surface area contributed by atoms with Gasteiger partial charge in [-0.3, -0.25) is 0 Å². The van der Waals surface area contributed by atoms with E-state index in [4.69, 9.17) is 29.6 Å². The molecule has 0 radical (unpaired) electrons. The summed E-state index contributed by atoms with van der Waals surface area (Å²) < 4.78 is 0.855. The molecule has 0 saturated heterocycles. The molecule has 0 aliphatic heterocycles. The fourth-order valence-corrected chi connectivity index (χ4v) is 2.85. The Labute approximate surface area is 131 Å². The van der Waals surface area contributed by atoms with Crippen LogP contribution in [0.5, 0.6) is 0 Å². The van der Waals surface area contributed by atoms with Crippen molar-refractivity contribution in [3.8, 4) is 0 Å². The second kappa shape index (κ2) is 5.90. The zero-order chi connectivity index (χ0) is 14.0. The van der Waals surface area contributed by atoms with Gasteiger partial charge in [0, 0.05) is 15.7 Å². The molecular weight excluding hydrogens is 344 g/mol. The molecule has 0 unspecified atom stereocenters. The van der Waals surface area contributed by atoms with Gasteiger partial charge in [0.25, 0.3) is 0 Å². The third-order valence-electron chi connectivity index (χ3n) is 2.64. The van der Waals surface area contributed by atoms with Crippen molar-refractivity contribution < 1.29 is 0 Å². The van der Waals surface area contributed by atoms with E-state index in [9.17, 15) is 0 Å². The molecule has 0 atom stereocenters. The lowest BCUT2D eigenvalue weighted by atomic mass is 10.2. The van der Waals surface area contributed by atoms with Crippen LogP contribution in [0.15, 0.2) is 40.9 Å². The van der Waals surface area contributed by atoms with Crippen LogP contribution in [0.1, 0.15) is 11.1 Å². The molecule has 2 aromatic carbocycles. The summed E-state index contributed by atoms with van der Waals surface area (Å²) >= 11 is 14.6. The third kappa shape index (κ3) is 3.47. The van der Waals surface area contributed by atoms with Crippen molar-refractivity contribution in [2.24, 2.45) is 5.73 Å². The van der Waals surface area contributed by atoms with Crippen molar-refractivity contribution in [3.63, 3.8) is 0 Å². The highest BCUT2D eigenvalue weighted by atomic mass is 79.9. The monoisotopic (exact) mass is 354 g/mol. The third-order valence-corrected chi connectivity index (χ3v) is 3.83. The van der Waals surface area contributed by atoms with Crippen LogP contribution < -0.4 is 11.1 Å². The van der Waals surface area contributed by atoms with E-state index in [0.29, 0.717) is 10.0 Å². The Hall–Kier alpha value is -1.10. The van der Waals surface area contributed by atoms with Gasteiger partial charge < -0.3 is 11.1 Å². The molecule has 5 heteroatoms. The van der Waals surface area contributed by atoms with Crippen LogP contribution in [0.25, 0.3) is 0 Å². The molecule has 98 valence electrons. The van der Waals surface area contributed by atoms with Crippen molar-refractivity contribution in [2.75, 3.05) is 5.32 Å². The molecule has 19 heavy (non-hydrogen) atoms.